The van der Waals surface area contributed by atoms with Gasteiger partial charge in [0.2, 0.25) is 0 Å². The Hall–Kier alpha value is -1.71. The van der Waals surface area contributed by atoms with Crippen LogP contribution in [0.5, 0.6) is 11.5 Å². The molecule has 0 saturated carbocycles. The zero-order valence-corrected chi connectivity index (χ0v) is 13.1. The Bertz CT molecular complexity index is 599. The van der Waals surface area contributed by atoms with E-state index >= 15 is 0 Å². The number of hydrogen-bond acceptors (Lipinski definition) is 3. The van der Waals surface area contributed by atoms with Crippen LogP contribution in [0, 0.1) is 0 Å². The largest absolute Gasteiger partial charge is 0.496 e. The second-order valence-corrected chi connectivity index (χ2v) is 5.45. The van der Waals surface area contributed by atoms with Gasteiger partial charge in [0.25, 0.3) is 0 Å². The van der Waals surface area contributed by atoms with Crippen LogP contribution in [0.3, 0.4) is 0 Å². The van der Waals surface area contributed by atoms with E-state index in [2.05, 4.69) is 6.07 Å². The zero-order chi connectivity index (χ0) is 15.2. The van der Waals surface area contributed by atoms with Gasteiger partial charge in [-0.2, -0.15) is 0 Å². The molecular formula is C17H20ClNO2. The van der Waals surface area contributed by atoms with Gasteiger partial charge in [0.15, 0.2) is 0 Å². The number of ether oxygens (including phenoxy) is 2. The molecule has 0 heterocycles. The lowest BCUT2D eigenvalue weighted by Crippen LogP contribution is -2.17. The number of methoxy groups -OCH3 is 1. The fourth-order valence-electron chi connectivity index (χ4n) is 2.16. The molecule has 0 aliphatic rings. The fourth-order valence-corrected chi connectivity index (χ4v) is 2.35. The summed E-state index contributed by atoms with van der Waals surface area (Å²) in [5.41, 5.74) is 8.00. The molecule has 0 saturated heterocycles. The first-order chi connectivity index (χ1) is 10.1. The fraction of sp³-hybridized carbons (Fsp3) is 0.294. The van der Waals surface area contributed by atoms with Crippen LogP contribution in [0.15, 0.2) is 42.5 Å². The lowest BCUT2D eigenvalue weighted by Gasteiger charge is -2.13. The molecule has 2 rings (SSSR count). The van der Waals surface area contributed by atoms with Crippen LogP contribution in [0.2, 0.25) is 5.02 Å². The van der Waals surface area contributed by atoms with Crippen LogP contribution in [0.25, 0.3) is 0 Å². The summed E-state index contributed by atoms with van der Waals surface area (Å²) in [5.74, 6) is 1.47. The molecule has 0 bridgehead atoms. The van der Waals surface area contributed by atoms with Gasteiger partial charge in [-0.05, 0) is 43.2 Å². The molecule has 1 atom stereocenters. The summed E-state index contributed by atoms with van der Waals surface area (Å²) >= 11 is 6.09. The zero-order valence-electron chi connectivity index (χ0n) is 12.3. The Kier molecular flexibility index (Phi) is 5.48. The summed E-state index contributed by atoms with van der Waals surface area (Å²) in [6.07, 6.45) is 0.823. The second kappa shape index (κ2) is 7.34. The smallest absolute Gasteiger partial charge is 0.138 e. The summed E-state index contributed by atoms with van der Waals surface area (Å²) in [6.45, 7) is 2.39. The standard InChI is InChI=1S/C17H20ClNO2/c1-12(19)9-13-7-8-16(20-2)14(10-13)11-21-17-6-4-3-5-15(17)18/h3-8,10,12H,9,11,19H2,1-2H3. The van der Waals surface area contributed by atoms with Crippen molar-refractivity contribution in [2.75, 3.05) is 7.11 Å². The first-order valence-electron chi connectivity index (χ1n) is 6.89. The first kappa shape index (κ1) is 15.7. The van der Waals surface area contributed by atoms with E-state index in [1.807, 2.05) is 37.3 Å². The van der Waals surface area contributed by atoms with Gasteiger partial charge in [-0.1, -0.05) is 29.8 Å². The Balaban J connectivity index is 2.15. The van der Waals surface area contributed by atoms with Crippen molar-refractivity contribution < 1.29 is 9.47 Å². The van der Waals surface area contributed by atoms with Gasteiger partial charge in [0.05, 0.1) is 12.1 Å². The Morgan fingerprint density at radius 2 is 1.90 bits per heavy atom. The molecule has 2 aromatic carbocycles. The molecule has 112 valence electrons. The molecule has 3 nitrogen and oxygen atoms in total. The molecule has 21 heavy (non-hydrogen) atoms. The predicted molar refractivity (Wildman–Crippen MR) is 86.1 cm³/mol. The third-order valence-corrected chi connectivity index (χ3v) is 3.43. The molecule has 2 N–H and O–H groups in total. The van der Waals surface area contributed by atoms with Crippen molar-refractivity contribution in [3.8, 4) is 11.5 Å². The van der Waals surface area contributed by atoms with Crippen LogP contribution < -0.4 is 15.2 Å². The Labute approximate surface area is 130 Å². The van der Waals surface area contributed by atoms with Gasteiger partial charge in [-0.3, -0.25) is 0 Å². The van der Waals surface area contributed by atoms with Crippen molar-refractivity contribution >= 4 is 11.6 Å². The minimum absolute atomic E-state index is 0.121. The topological polar surface area (TPSA) is 44.5 Å². The molecule has 0 fully saturated rings. The van der Waals surface area contributed by atoms with Crippen LogP contribution >= 0.6 is 11.6 Å². The molecule has 0 aromatic heterocycles. The molecule has 0 amide bonds. The van der Waals surface area contributed by atoms with Crippen molar-refractivity contribution in [3.05, 3.63) is 58.6 Å². The van der Waals surface area contributed by atoms with Crippen molar-refractivity contribution in [1.82, 2.24) is 0 Å². The predicted octanol–water partition coefficient (Wildman–Crippen LogP) is 3.82. The highest BCUT2D eigenvalue weighted by Crippen LogP contribution is 2.27. The van der Waals surface area contributed by atoms with Crippen LogP contribution in [-0.4, -0.2) is 13.2 Å². The van der Waals surface area contributed by atoms with Crippen molar-refractivity contribution in [2.24, 2.45) is 5.73 Å². The normalized spacial score (nSPS) is 12.0. The number of nitrogens with two attached hydrogens (primary N) is 1. The van der Waals surface area contributed by atoms with Gasteiger partial charge in [-0.15, -0.1) is 0 Å². The van der Waals surface area contributed by atoms with Gasteiger partial charge in [-0.25, -0.2) is 0 Å². The number of halogens is 1. The van der Waals surface area contributed by atoms with E-state index in [1.165, 1.54) is 5.56 Å². The van der Waals surface area contributed by atoms with Gasteiger partial charge < -0.3 is 15.2 Å². The quantitative estimate of drug-likeness (QED) is 0.882. The molecule has 0 spiro atoms. The highest BCUT2D eigenvalue weighted by Gasteiger charge is 2.08. The van der Waals surface area contributed by atoms with E-state index in [9.17, 15) is 0 Å². The molecule has 0 aliphatic heterocycles. The first-order valence-corrected chi connectivity index (χ1v) is 7.26. The lowest BCUT2D eigenvalue weighted by atomic mass is 10.0. The SMILES string of the molecule is COc1ccc(CC(C)N)cc1COc1ccccc1Cl. The molecule has 2 aromatic rings. The van der Waals surface area contributed by atoms with E-state index in [-0.39, 0.29) is 6.04 Å². The van der Waals surface area contributed by atoms with E-state index in [1.54, 1.807) is 13.2 Å². The van der Waals surface area contributed by atoms with Crippen LogP contribution in [0.1, 0.15) is 18.1 Å². The highest BCUT2D eigenvalue weighted by atomic mass is 35.5. The van der Waals surface area contributed by atoms with E-state index in [0.29, 0.717) is 17.4 Å². The van der Waals surface area contributed by atoms with E-state index in [4.69, 9.17) is 26.8 Å². The highest BCUT2D eigenvalue weighted by molar-refractivity contribution is 6.32. The Morgan fingerprint density at radius 1 is 1.14 bits per heavy atom. The summed E-state index contributed by atoms with van der Waals surface area (Å²) in [4.78, 5) is 0. The van der Waals surface area contributed by atoms with Crippen molar-refractivity contribution in [3.63, 3.8) is 0 Å². The minimum Gasteiger partial charge on any atom is -0.496 e. The summed E-state index contributed by atoms with van der Waals surface area (Å²) < 4.78 is 11.2. The maximum Gasteiger partial charge on any atom is 0.138 e. The molecule has 0 radical (unpaired) electrons. The van der Waals surface area contributed by atoms with Crippen LogP contribution in [-0.2, 0) is 13.0 Å². The van der Waals surface area contributed by atoms with Crippen LogP contribution in [0.4, 0.5) is 0 Å². The van der Waals surface area contributed by atoms with E-state index < -0.39 is 0 Å². The minimum atomic E-state index is 0.121. The maximum absolute atomic E-state index is 6.09. The number of para-hydroxylation sites is 1. The van der Waals surface area contributed by atoms with Crippen molar-refractivity contribution in [1.29, 1.82) is 0 Å². The Morgan fingerprint density at radius 3 is 2.57 bits per heavy atom. The van der Waals surface area contributed by atoms with Gasteiger partial charge in [0.1, 0.15) is 18.1 Å². The number of benzene rings is 2. The second-order valence-electron chi connectivity index (χ2n) is 5.05. The molecule has 1 unspecified atom stereocenters. The third-order valence-electron chi connectivity index (χ3n) is 3.12. The number of rotatable bonds is 6. The van der Waals surface area contributed by atoms with E-state index in [0.717, 1.165) is 17.7 Å². The van der Waals surface area contributed by atoms with Crippen molar-refractivity contribution in [2.45, 2.75) is 26.0 Å². The van der Waals surface area contributed by atoms with Gasteiger partial charge >= 0.3 is 0 Å². The summed E-state index contributed by atoms with van der Waals surface area (Å²) in [6, 6.07) is 13.6. The average Bonchev–Trinajstić information content (AvgIpc) is 2.46. The maximum atomic E-state index is 6.09. The monoisotopic (exact) mass is 305 g/mol. The van der Waals surface area contributed by atoms with Gasteiger partial charge in [0, 0.05) is 11.6 Å². The third kappa shape index (κ3) is 4.38. The average molecular weight is 306 g/mol. The molecular weight excluding hydrogens is 286 g/mol. The number of hydrogen-bond donors (Lipinski definition) is 1. The summed E-state index contributed by atoms with van der Waals surface area (Å²) in [5, 5.41) is 0.600. The molecule has 4 heteroatoms. The molecule has 0 aliphatic carbocycles. The summed E-state index contributed by atoms with van der Waals surface area (Å²) in [7, 11) is 1.65. The lowest BCUT2D eigenvalue weighted by molar-refractivity contribution is 0.296.